The van der Waals surface area contributed by atoms with Gasteiger partial charge in [-0.2, -0.15) is 4.98 Å². The number of rotatable bonds is 5. The Labute approximate surface area is 192 Å². The maximum Gasteiger partial charge on any atom is 0.217 e. The Morgan fingerprint density at radius 2 is 1.91 bits per heavy atom. The fraction of sp³-hybridized carbons (Fsp3) is 0.577. The van der Waals surface area contributed by atoms with Crippen LogP contribution >= 0.6 is 0 Å². The first-order valence-corrected chi connectivity index (χ1v) is 11.8. The van der Waals surface area contributed by atoms with Crippen molar-refractivity contribution in [3.63, 3.8) is 0 Å². The zero-order chi connectivity index (χ0) is 22.7. The molecule has 0 N–H and O–H groups in total. The minimum Gasteiger partial charge on any atom is -0.497 e. The second kappa shape index (κ2) is 9.57. The molecular weight excluding hydrogens is 402 g/mol. The zero-order valence-electron chi connectivity index (χ0n) is 20.1. The van der Waals surface area contributed by atoms with Crippen molar-refractivity contribution in [2.24, 2.45) is 0 Å². The molecule has 2 aliphatic rings. The van der Waals surface area contributed by atoms with Crippen LogP contribution in [0.4, 0.5) is 11.5 Å². The van der Waals surface area contributed by atoms with Gasteiger partial charge >= 0.3 is 0 Å². The van der Waals surface area contributed by atoms with Crippen LogP contribution in [0.2, 0.25) is 0 Å². The second-order valence-electron chi connectivity index (χ2n) is 9.84. The van der Waals surface area contributed by atoms with Crippen molar-refractivity contribution in [3.05, 3.63) is 42.0 Å². The Morgan fingerprint density at radius 3 is 2.66 bits per heavy atom. The smallest absolute Gasteiger partial charge is 0.217 e. The lowest BCUT2D eigenvalue weighted by molar-refractivity contribution is 0.0986. The number of benzene rings is 1. The highest BCUT2D eigenvalue weighted by Gasteiger charge is 2.28. The third kappa shape index (κ3) is 5.29. The normalized spacial score (nSPS) is 22.0. The van der Waals surface area contributed by atoms with Gasteiger partial charge in [0.1, 0.15) is 17.2 Å². The van der Waals surface area contributed by atoms with Gasteiger partial charge in [-0.25, -0.2) is 0 Å². The van der Waals surface area contributed by atoms with E-state index >= 15 is 0 Å². The highest BCUT2D eigenvalue weighted by Crippen LogP contribution is 2.38. The van der Waals surface area contributed by atoms with E-state index in [9.17, 15) is 0 Å². The average Bonchev–Trinajstić information content (AvgIpc) is 2.78. The van der Waals surface area contributed by atoms with Gasteiger partial charge in [0.05, 0.1) is 26.4 Å². The lowest BCUT2D eigenvalue weighted by atomic mass is 9.95. The molecule has 2 saturated heterocycles. The Bertz CT molecular complexity index is 911. The maximum atomic E-state index is 6.26. The summed E-state index contributed by atoms with van der Waals surface area (Å²) in [5, 5.41) is 0. The van der Waals surface area contributed by atoms with Crippen LogP contribution < -0.4 is 19.3 Å². The number of hydrogen-bond acceptors (Lipinski definition) is 6. The van der Waals surface area contributed by atoms with Gasteiger partial charge in [-0.3, -0.25) is 0 Å². The molecule has 1 aromatic carbocycles. The van der Waals surface area contributed by atoms with Crippen molar-refractivity contribution < 1.29 is 14.2 Å². The number of anilines is 2. The summed E-state index contributed by atoms with van der Waals surface area (Å²) in [5.74, 6) is 2.56. The summed E-state index contributed by atoms with van der Waals surface area (Å²) < 4.78 is 17.4. The monoisotopic (exact) mass is 439 g/mol. The van der Waals surface area contributed by atoms with Crippen LogP contribution in [-0.4, -0.2) is 50.0 Å². The highest BCUT2D eigenvalue weighted by molar-refractivity contribution is 5.60. The Kier molecular flexibility index (Phi) is 6.79. The SMILES string of the molecule is COc1cccc(C2CCCCN2c2cc(N3CCOCC3C)cc(OC(C)(C)C)n2)c1. The fourth-order valence-electron chi connectivity index (χ4n) is 4.67. The molecular formula is C26H37N3O3. The number of methoxy groups -OCH3 is 1. The van der Waals surface area contributed by atoms with E-state index in [2.05, 4.69) is 67.8 Å². The minimum atomic E-state index is -0.312. The average molecular weight is 440 g/mol. The molecule has 32 heavy (non-hydrogen) atoms. The van der Waals surface area contributed by atoms with Gasteiger partial charge in [-0.05, 0) is 64.7 Å². The molecule has 2 atom stereocenters. The summed E-state index contributed by atoms with van der Waals surface area (Å²) in [5.41, 5.74) is 2.11. The van der Waals surface area contributed by atoms with Crippen LogP contribution in [-0.2, 0) is 4.74 Å². The minimum absolute atomic E-state index is 0.270. The lowest BCUT2D eigenvalue weighted by Crippen LogP contribution is -2.44. The first kappa shape index (κ1) is 22.7. The second-order valence-corrected chi connectivity index (χ2v) is 9.84. The van der Waals surface area contributed by atoms with Crippen molar-refractivity contribution in [2.75, 3.05) is 43.2 Å². The van der Waals surface area contributed by atoms with Crippen molar-refractivity contribution >= 4 is 11.5 Å². The molecule has 174 valence electrons. The van der Waals surface area contributed by atoms with Crippen LogP contribution in [0, 0.1) is 0 Å². The van der Waals surface area contributed by atoms with Gasteiger partial charge in [0.2, 0.25) is 5.88 Å². The van der Waals surface area contributed by atoms with Crippen molar-refractivity contribution in [3.8, 4) is 11.6 Å². The summed E-state index contributed by atoms with van der Waals surface area (Å²) >= 11 is 0. The number of piperidine rings is 1. The van der Waals surface area contributed by atoms with Crippen molar-refractivity contribution in [1.29, 1.82) is 0 Å². The van der Waals surface area contributed by atoms with Crippen LogP contribution in [0.1, 0.15) is 58.6 Å². The van der Waals surface area contributed by atoms with E-state index in [1.165, 1.54) is 12.0 Å². The summed E-state index contributed by atoms with van der Waals surface area (Å²) in [4.78, 5) is 9.85. The first-order chi connectivity index (χ1) is 15.3. The predicted octanol–water partition coefficient (Wildman–Crippen LogP) is 5.22. The Morgan fingerprint density at radius 1 is 1.06 bits per heavy atom. The topological polar surface area (TPSA) is 47.1 Å². The number of nitrogens with zero attached hydrogens (tertiary/aromatic N) is 3. The zero-order valence-corrected chi connectivity index (χ0v) is 20.1. The molecule has 0 aliphatic carbocycles. The third-order valence-corrected chi connectivity index (χ3v) is 6.16. The molecule has 6 heteroatoms. The van der Waals surface area contributed by atoms with Crippen LogP contribution in [0.3, 0.4) is 0 Å². The molecule has 0 saturated carbocycles. The number of morpholine rings is 1. The first-order valence-electron chi connectivity index (χ1n) is 11.8. The summed E-state index contributed by atoms with van der Waals surface area (Å²) in [6.07, 6.45) is 3.47. The fourth-order valence-corrected chi connectivity index (χ4v) is 4.67. The summed E-state index contributed by atoms with van der Waals surface area (Å²) in [6.45, 7) is 11.8. The largest absolute Gasteiger partial charge is 0.497 e. The van der Waals surface area contributed by atoms with E-state index in [4.69, 9.17) is 19.2 Å². The Hall–Kier alpha value is -2.47. The van der Waals surface area contributed by atoms with E-state index in [0.717, 1.165) is 56.4 Å². The van der Waals surface area contributed by atoms with Gasteiger partial charge in [0, 0.05) is 37.0 Å². The molecule has 2 aliphatic heterocycles. The van der Waals surface area contributed by atoms with E-state index in [1.807, 2.05) is 6.07 Å². The molecule has 0 radical (unpaired) electrons. The summed E-state index contributed by atoms with van der Waals surface area (Å²) in [7, 11) is 1.72. The quantitative estimate of drug-likeness (QED) is 0.636. The molecule has 0 spiro atoms. The van der Waals surface area contributed by atoms with E-state index in [-0.39, 0.29) is 11.6 Å². The van der Waals surface area contributed by atoms with E-state index < -0.39 is 0 Å². The van der Waals surface area contributed by atoms with Crippen molar-refractivity contribution in [2.45, 2.75) is 64.6 Å². The molecule has 6 nitrogen and oxygen atoms in total. The molecule has 1 aromatic heterocycles. The van der Waals surface area contributed by atoms with Gasteiger partial charge < -0.3 is 24.0 Å². The van der Waals surface area contributed by atoms with Crippen molar-refractivity contribution in [1.82, 2.24) is 4.98 Å². The molecule has 0 bridgehead atoms. The number of ether oxygens (including phenoxy) is 3. The third-order valence-electron chi connectivity index (χ3n) is 6.16. The van der Waals surface area contributed by atoms with Gasteiger partial charge in [-0.15, -0.1) is 0 Å². The molecule has 2 unspecified atom stereocenters. The van der Waals surface area contributed by atoms with Gasteiger partial charge in [0.15, 0.2) is 0 Å². The summed E-state index contributed by atoms with van der Waals surface area (Å²) in [6, 6.07) is 13.3. The number of aromatic nitrogens is 1. The lowest BCUT2D eigenvalue weighted by Gasteiger charge is -2.39. The highest BCUT2D eigenvalue weighted by atomic mass is 16.5. The van der Waals surface area contributed by atoms with Crippen LogP contribution in [0.5, 0.6) is 11.6 Å². The molecule has 0 amide bonds. The molecule has 3 heterocycles. The Balaban J connectivity index is 1.73. The van der Waals surface area contributed by atoms with E-state index in [0.29, 0.717) is 11.9 Å². The molecule has 4 rings (SSSR count). The number of pyridine rings is 1. The molecule has 2 aromatic rings. The van der Waals surface area contributed by atoms with E-state index in [1.54, 1.807) is 7.11 Å². The number of hydrogen-bond donors (Lipinski definition) is 0. The van der Waals surface area contributed by atoms with Gasteiger partial charge in [-0.1, -0.05) is 12.1 Å². The maximum absolute atomic E-state index is 6.26. The van der Waals surface area contributed by atoms with Crippen LogP contribution in [0.25, 0.3) is 0 Å². The van der Waals surface area contributed by atoms with Gasteiger partial charge in [0.25, 0.3) is 0 Å². The predicted molar refractivity (Wildman–Crippen MR) is 129 cm³/mol. The standard InChI is InChI=1S/C26H37N3O3/c1-19-18-31-14-13-28(19)21-16-24(27-25(17-21)32-26(2,3)4)29-12-7-6-11-23(29)20-9-8-10-22(15-20)30-5/h8-10,15-17,19,23H,6-7,11-14,18H2,1-5H3. The van der Waals surface area contributed by atoms with Crippen LogP contribution in [0.15, 0.2) is 36.4 Å². The molecule has 2 fully saturated rings.